The summed E-state index contributed by atoms with van der Waals surface area (Å²) in [5.41, 5.74) is 0.593. The first-order valence-electron chi connectivity index (χ1n) is 8.03. The second-order valence-corrected chi connectivity index (χ2v) is 6.87. The normalized spacial score (nSPS) is 13.2. The molecule has 0 saturated heterocycles. The van der Waals surface area contributed by atoms with Crippen molar-refractivity contribution in [1.29, 1.82) is 0 Å². The molecule has 1 aromatic carbocycles. The third-order valence-electron chi connectivity index (χ3n) is 4.00. The van der Waals surface area contributed by atoms with Crippen molar-refractivity contribution in [2.75, 3.05) is 12.1 Å². The van der Waals surface area contributed by atoms with Crippen LogP contribution in [0.15, 0.2) is 42.7 Å². The van der Waals surface area contributed by atoms with Crippen molar-refractivity contribution in [3.8, 4) is 17.4 Å². The summed E-state index contributed by atoms with van der Waals surface area (Å²) >= 11 is 0.559. The van der Waals surface area contributed by atoms with E-state index in [0.29, 0.717) is 28.5 Å². The maximum atomic E-state index is 13.2. The number of anilines is 2. The zero-order valence-electron chi connectivity index (χ0n) is 13.9. The Morgan fingerprint density at radius 3 is 2.75 bits per heavy atom. The van der Waals surface area contributed by atoms with Crippen LogP contribution in [0.5, 0.6) is 11.5 Å². The zero-order valence-corrected chi connectivity index (χ0v) is 14.7. The molecule has 0 amide bonds. The van der Waals surface area contributed by atoms with Crippen molar-refractivity contribution in [2.45, 2.75) is 6.18 Å². The highest BCUT2D eigenvalue weighted by Gasteiger charge is 2.34. The van der Waals surface area contributed by atoms with Crippen LogP contribution in [-0.4, -0.2) is 26.5 Å². The van der Waals surface area contributed by atoms with Crippen molar-refractivity contribution in [2.24, 2.45) is 0 Å². The Morgan fingerprint density at radius 1 is 1.11 bits per heavy atom. The Labute approximate surface area is 159 Å². The molecule has 0 bridgehead atoms. The number of hydrogen-bond donors (Lipinski definition) is 1. The minimum atomic E-state index is -4.47. The van der Waals surface area contributed by atoms with Crippen molar-refractivity contribution in [3.05, 3.63) is 47.6 Å². The van der Waals surface area contributed by atoms with E-state index < -0.39 is 11.1 Å². The number of alkyl halides is 3. The highest BCUT2D eigenvalue weighted by molar-refractivity contribution is 7.18. The number of thiophene rings is 1. The molecule has 0 fully saturated rings. The molecule has 142 valence electrons. The van der Waals surface area contributed by atoms with E-state index in [1.807, 2.05) is 0 Å². The van der Waals surface area contributed by atoms with Gasteiger partial charge in [-0.25, -0.2) is 4.68 Å². The van der Waals surface area contributed by atoms with Gasteiger partial charge in [0.15, 0.2) is 11.5 Å². The molecule has 28 heavy (non-hydrogen) atoms. The number of rotatable bonds is 3. The van der Waals surface area contributed by atoms with E-state index in [1.165, 1.54) is 10.9 Å². The van der Waals surface area contributed by atoms with Crippen molar-refractivity contribution in [3.63, 3.8) is 0 Å². The number of hydrogen-bond acceptors (Lipinski definition) is 7. The minimum absolute atomic E-state index is 0.124. The smallest absolute Gasteiger partial charge is 0.425 e. The molecule has 0 atom stereocenters. The minimum Gasteiger partial charge on any atom is -0.454 e. The number of benzene rings is 1. The number of nitrogens with one attached hydrogen (secondary N) is 1. The van der Waals surface area contributed by atoms with E-state index in [1.54, 1.807) is 30.5 Å². The van der Waals surface area contributed by atoms with Crippen LogP contribution < -0.4 is 14.8 Å². The highest BCUT2D eigenvalue weighted by Crippen LogP contribution is 2.41. The Morgan fingerprint density at radius 2 is 1.96 bits per heavy atom. The van der Waals surface area contributed by atoms with Gasteiger partial charge in [0.1, 0.15) is 15.5 Å². The summed E-state index contributed by atoms with van der Waals surface area (Å²) in [7, 11) is 0. The summed E-state index contributed by atoms with van der Waals surface area (Å²) in [6.45, 7) is 0.124. The number of aromatic nitrogens is 4. The molecule has 0 unspecified atom stereocenters. The fraction of sp³-hybridized carbons (Fsp3) is 0.118. The maximum Gasteiger partial charge on any atom is 0.425 e. The number of nitrogens with zero attached hydrogens (tertiary/aromatic N) is 4. The Bertz CT molecular complexity index is 1170. The molecule has 1 N–H and O–H groups in total. The average Bonchev–Trinajstić information content (AvgIpc) is 3.40. The standard InChI is InChI=1S/C17H10F3N5O2S/c18-17(19,20)13-7-10-14(22-9-2-3-11-12(6-9)27-8-26-11)23-16(24-15(10)28-13)25-5-1-4-21-25/h1-7H,8H2,(H,22,23,24). The second kappa shape index (κ2) is 6.09. The molecule has 5 rings (SSSR count). The van der Waals surface area contributed by atoms with Gasteiger partial charge in [-0.2, -0.15) is 28.2 Å². The van der Waals surface area contributed by atoms with Crippen LogP contribution in [0.4, 0.5) is 24.7 Å². The number of fused-ring (bicyclic) bond motifs is 2. The lowest BCUT2D eigenvalue weighted by molar-refractivity contribution is -0.134. The molecular weight excluding hydrogens is 395 g/mol. The highest BCUT2D eigenvalue weighted by atomic mass is 32.1. The lowest BCUT2D eigenvalue weighted by atomic mass is 10.2. The molecule has 0 aliphatic carbocycles. The van der Waals surface area contributed by atoms with E-state index in [-0.39, 0.29) is 28.8 Å². The molecule has 0 spiro atoms. The monoisotopic (exact) mass is 405 g/mol. The fourth-order valence-electron chi connectivity index (χ4n) is 2.75. The molecule has 0 saturated carbocycles. The van der Waals surface area contributed by atoms with Gasteiger partial charge < -0.3 is 14.8 Å². The fourth-order valence-corrected chi connectivity index (χ4v) is 3.64. The Hall–Kier alpha value is -3.34. The van der Waals surface area contributed by atoms with Crippen LogP contribution in [-0.2, 0) is 6.18 Å². The summed E-state index contributed by atoms with van der Waals surface area (Å²) in [4.78, 5) is 8.07. The van der Waals surface area contributed by atoms with Crippen molar-refractivity contribution < 1.29 is 22.6 Å². The molecule has 7 nitrogen and oxygen atoms in total. The largest absolute Gasteiger partial charge is 0.454 e. The average molecular weight is 405 g/mol. The molecular formula is C17H10F3N5O2S. The summed E-state index contributed by atoms with van der Waals surface area (Å²) in [6, 6.07) is 7.86. The van der Waals surface area contributed by atoms with Crippen LogP contribution in [0.1, 0.15) is 4.88 Å². The van der Waals surface area contributed by atoms with Crippen LogP contribution in [0.3, 0.4) is 0 Å². The summed E-state index contributed by atoms with van der Waals surface area (Å²) < 4.78 is 51.6. The molecule has 4 heterocycles. The topological polar surface area (TPSA) is 74.1 Å². The van der Waals surface area contributed by atoms with E-state index in [0.717, 1.165) is 6.07 Å². The third kappa shape index (κ3) is 2.89. The number of ether oxygens (including phenoxy) is 2. The third-order valence-corrected chi connectivity index (χ3v) is 5.08. The van der Waals surface area contributed by atoms with E-state index >= 15 is 0 Å². The molecule has 3 aromatic heterocycles. The molecule has 11 heteroatoms. The van der Waals surface area contributed by atoms with Crippen LogP contribution in [0.25, 0.3) is 16.2 Å². The van der Waals surface area contributed by atoms with Gasteiger partial charge in [0.2, 0.25) is 6.79 Å². The quantitative estimate of drug-likeness (QED) is 0.546. The van der Waals surface area contributed by atoms with Gasteiger partial charge in [-0.05, 0) is 24.3 Å². The predicted molar refractivity (Wildman–Crippen MR) is 95.4 cm³/mol. The summed E-state index contributed by atoms with van der Waals surface area (Å²) in [6.07, 6.45) is -1.31. The van der Waals surface area contributed by atoms with Gasteiger partial charge >= 0.3 is 6.18 Å². The van der Waals surface area contributed by atoms with Crippen LogP contribution >= 0.6 is 11.3 Å². The first-order valence-corrected chi connectivity index (χ1v) is 8.84. The van der Waals surface area contributed by atoms with E-state index in [4.69, 9.17) is 9.47 Å². The lowest BCUT2D eigenvalue weighted by Crippen LogP contribution is -2.04. The predicted octanol–water partition coefficient (Wildman–Crippen LogP) is 4.37. The van der Waals surface area contributed by atoms with Gasteiger partial charge in [0, 0.05) is 24.1 Å². The van der Waals surface area contributed by atoms with Crippen molar-refractivity contribution >= 4 is 33.1 Å². The van der Waals surface area contributed by atoms with Gasteiger partial charge in [-0.15, -0.1) is 11.3 Å². The molecule has 4 aromatic rings. The van der Waals surface area contributed by atoms with E-state index in [9.17, 15) is 13.2 Å². The summed E-state index contributed by atoms with van der Waals surface area (Å²) in [5.74, 6) is 1.55. The molecule has 1 aliphatic rings. The van der Waals surface area contributed by atoms with Crippen molar-refractivity contribution in [1.82, 2.24) is 19.7 Å². The van der Waals surface area contributed by atoms with Gasteiger partial charge in [-0.3, -0.25) is 0 Å². The Balaban J connectivity index is 1.63. The van der Waals surface area contributed by atoms with Gasteiger partial charge in [0.05, 0.1) is 5.39 Å². The lowest BCUT2D eigenvalue weighted by Gasteiger charge is -2.09. The maximum absolute atomic E-state index is 13.2. The first kappa shape index (κ1) is 16.8. The summed E-state index contributed by atoms with van der Waals surface area (Å²) in [5, 5.41) is 7.38. The van der Waals surface area contributed by atoms with Crippen LogP contribution in [0, 0.1) is 0 Å². The molecule has 0 radical (unpaired) electrons. The molecule has 1 aliphatic heterocycles. The van der Waals surface area contributed by atoms with E-state index in [2.05, 4.69) is 20.4 Å². The second-order valence-electron chi connectivity index (χ2n) is 5.84. The van der Waals surface area contributed by atoms with Gasteiger partial charge in [-0.1, -0.05) is 0 Å². The number of halogens is 3. The van der Waals surface area contributed by atoms with Crippen LogP contribution in [0.2, 0.25) is 0 Å². The first-order chi connectivity index (χ1) is 13.5. The Kier molecular flexibility index (Phi) is 3.66. The SMILES string of the molecule is FC(F)(F)c1cc2c(Nc3ccc4c(c3)OCO4)nc(-n3cccn3)nc2s1. The van der Waals surface area contributed by atoms with Gasteiger partial charge in [0.25, 0.3) is 5.95 Å². The zero-order chi connectivity index (χ0) is 19.3.